The summed E-state index contributed by atoms with van der Waals surface area (Å²) in [6.07, 6.45) is 1.19. The van der Waals surface area contributed by atoms with Crippen LogP contribution in [0.1, 0.15) is 28.9 Å². The Bertz CT molecular complexity index is 780. The van der Waals surface area contributed by atoms with E-state index in [0.29, 0.717) is 25.9 Å². The molecule has 0 unspecified atom stereocenters. The fraction of sp³-hybridized carbons (Fsp3) is 0.353. The Morgan fingerprint density at radius 2 is 1.87 bits per heavy atom. The van der Waals surface area contributed by atoms with E-state index < -0.39 is 11.9 Å². The molecule has 3 rings (SSSR count). The number of carbonyl (C=O) groups is 2. The van der Waals surface area contributed by atoms with E-state index in [1.165, 1.54) is 0 Å². The fourth-order valence-corrected chi connectivity index (χ4v) is 3.10. The van der Waals surface area contributed by atoms with Crippen LogP contribution in [0.25, 0.3) is 10.9 Å². The average molecular weight is 314 g/mol. The fourth-order valence-electron chi connectivity index (χ4n) is 3.10. The highest BCUT2D eigenvalue weighted by molar-refractivity contribution is 5.98. The normalized spacial score (nSPS) is 15.8. The third kappa shape index (κ3) is 2.97. The van der Waals surface area contributed by atoms with Gasteiger partial charge in [-0.25, -0.2) is 4.79 Å². The second-order valence-corrected chi connectivity index (χ2v) is 5.92. The summed E-state index contributed by atoms with van der Waals surface area (Å²) < 4.78 is 0. The van der Waals surface area contributed by atoms with Crippen LogP contribution in [0.3, 0.4) is 0 Å². The molecule has 6 nitrogen and oxygen atoms in total. The van der Waals surface area contributed by atoms with Gasteiger partial charge in [-0.05, 0) is 44.0 Å². The van der Waals surface area contributed by atoms with Crippen molar-refractivity contribution in [2.45, 2.75) is 19.8 Å². The minimum atomic E-state index is -0.969. The maximum atomic E-state index is 11.2. The van der Waals surface area contributed by atoms with Crippen molar-refractivity contribution in [3.8, 4) is 0 Å². The molecule has 0 atom stereocenters. The van der Waals surface area contributed by atoms with E-state index in [4.69, 9.17) is 5.11 Å². The van der Waals surface area contributed by atoms with E-state index in [0.717, 1.165) is 22.3 Å². The molecule has 0 bridgehead atoms. The first kappa shape index (κ1) is 15.3. The molecule has 1 saturated heterocycles. The van der Waals surface area contributed by atoms with Crippen LogP contribution in [-0.4, -0.2) is 40.2 Å². The van der Waals surface area contributed by atoms with Crippen LogP contribution in [0.4, 0.5) is 5.69 Å². The molecule has 0 radical (unpaired) electrons. The first-order valence-electron chi connectivity index (χ1n) is 7.58. The summed E-state index contributed by atoms with van der Waals surface area (Å²) in [6.45, 7) is 3.19. The van der Waals surface area contributed by atoms with Gasteiger partial charge in [0.1, 0.15) is 0 Å². The number of rotatable bonds is 3. The number of aliphatic carboxylic acids is 1. The molecule has 120 valence electrons. The van der Waals surface area contributed by atoms with Crippen molar-refractivity contribution in [3.63, 3.8) is 0 Å². The number of fused-ring (bicyclic) bond motifs is 1. The lowest BCUT2D eigenvalue weighted by atomic mass is 9.96. The van der Waals surface area contributed by atoms with Crippen molar-refractivity contribution in [1.82, 2.24) is 4.98 Å². The molecular formula is C17H18N2O4. The number of anilines is 1. The van der Waals surface area contributed by atoms with Gasteiger partial charge < -0.3 is 15.1 Å². The summed E-state index contributed by atoms with van der Waals surface area (Å²) in [7, 11) is 0. The number of pyridine rings is 1. The number of hydrogen-bond donors (Lipinski definition) is 2. The predicted octanol–water partition coefficient (Wildman–Crippen LogP) is 2.54. The van der Waals surface area contributed by atoms with Crippen LogP contribution in [0.5, 0.6) is 0 Å². The molecule has 0 saturated carbocycles. The molecule has 1 fully saturated rings. The first-order valence-corrected chi connectivity index (χ1v) is 7.58. The lowest BCUT2D eigenvalue weighted by molar-refractivity contribution is -0.142. The zero-order chi connectivity index (χ0) is 16.6. The lowest BCUT2D eigenvalue weighted by Crippen LogP contribution is -2.36. The zero-order valence-electron chi connectivity index (χ0n) is 12.8. The average Bonchev–Trinajstić information content (AvgIpc) is 2.53. The molecule has 1 aromatic heterocycles. The molecule has 23 heavy (non-hydrogen) atoms. The third-order valence-corrected chi connectivity index (χ3v) is 4.35. The minimum Gasteiger partial charge on any atom is -0.481 e. The Morgan fingerprint density at radius 1 is 1.17 bits per heavy atom. The Kier molecular flexibility index (Phi) is 3.90. The number of piperidine rings is 1. The van der Waals surface area contributed by atoms with Gasteiger partial charge in [-0.15, -0.1) is 0 Å². The standard InChI is InChI=1S/C17H18N2O4/c1-10-8-15(19-6-4-11(5-7-19)16(20)21)13-9-12(17(22)23)2-3-14(13)18-10/h2-3,8-9,11H,4-7H2,1H3,(H,20,21)(H,22,23). The number of nitrogens with zero attached hydrogens (tertiary/aromatic N) is 2. The molecule has 6 heteroatoms. The molecule has 1 aromatic carbocycles. The quantitative estimate of drug-likeness (QED) is 0.904. The van der Waals surface area contributed by atoms with Crippen LogP contribution in [0.15, 0.2) is 24.3 Å². The van der Waals surface area contributed by atoms with Crippen molar-refractivity contribution in [1.29, 1.82) is 0 Å². The van der Waals surface area contributed by atoms with Crippen LogP contribution in [0.2, 0.25) is 0 Å². The summed E-state index contributed by atoms with van der Waals surface area (Å²) in [5, 5.41) is 19.1. The maximum Gasteiger partial charge on any atom is 0.335 e. The Morgan fingerprint density at radius 3 is 2.48 bits per heavy atom. The van der Waals surface area contributed by atoms with Crippen LogP contribution < -0.4 is 4.90 Å². The van der Waals surface area contributed by atoms with Crippen molar-refractivity contribution >= 4 is 28.5 Å². The number of aryl methyl sites for hydroxylation is 1. The molecule has 0 amide bonds. The van der Waals surface area contributed by atoms with E-state index in [9.17, 15) is 14.7 Å². The topological polar surface area (TPSA) is 90.7 Å². The van der Waals surface area contributed by atoms with Gasteiger partial charge in [0, 0.05) is 29.9 Å². The summed E-state index contributed by atoms with van der Waals surface area (Å²) in [6, 6.07) is 6.86. The molecule has 2 N–H and O–H groups in total. The smallest absolute Gasteiger partial charge is 0.335 e. The number of carboxylic acids is 2. The first-order chi connectivity index (χ1) is 11.0. The van der Waals surface area contributed by atoms with Gasteiger partial charge in [0.15, 0.2) is 0 Å². The van der Waals surface area contributed by atoms with Crippen LogP contribution in [-0.2, 0) is 4.79 Å². The number of carboxylic acid groups (broad SMARTS) is 2. The maximum absolute atomic E-state index is 11.2. The highest BCUT2D eigenvalue weighted by Crippen LogP contribution is 2.31. The van der Waals surface area contributed by atoms with E-state index in [2.05, 4.69) is 9.88 Å². The number of aromatic carboxylic acids is 1. The Hall–Kier alpha value is -2.63. The predicted molar refractivity (Wildman–Crippen MR) is 86.0 cm³/mol. The van der Waals surface area contributed by atoms with Crippen molar-refractivity contribution in [2.75, 3.05) is 18.0 Å². The van der Waals surface area contributed by atoms with E-state index in [1.807, 2.05) is 13.0 Å². The van der Waals surface area contributed by atoms with Gasteiger partial charge in [0.25, 0.3) is 0 Å². The van der Waals surface area contributed by atoms with Crippen LogP contribution in [0, 0.1) is 12.8 Å². The monoisotopic (exact) mass is 314 g/mol. The zero-order valence-corrected chi connectivity index (χ0v) is 12.8. The summed E-state index contributed by atoms with van der Waals surface area (Å²) in [5.74, 6) is -2.01. The largest absolute Gasteiger partial charge is 0.481 e. The van der Waals surface area contributed by atoms with Crippen molar-refractivity contribution in [2.24, 2.45) is 5.92 Å². The highest BCUT2D eigenvalue weighted by atomic mass is 16.4. The molecule has 0 spiro atoms. The third-order valence-electron chi connectivity index (χ3n) is 4.35. The van der Waals surface area contributed by atoms with Gasteiger partial charge in [-0.2, -0.15) is 0 Å². The summed E-state index contributed by atoms with van der Waals surface area (Å²) in [4.78, 5) is 28.9. The molecule has 1 aliphatic rings. The highest BCUT2D eigenvalue weighted by Gasteiger charge is 2.25. The summed E-state index contributed by atoms with van der Waals surface area (Å²) >= 11 is 0. The number of aromatic nitrogens is 1. The van der Waals surface area contributed by atoms with Gasteiger partial charge in [0.05, 0.1) is 17.0 Å². The molecule has 0 aliphatic carbocycles. The Labute approximate surface area is 133 Å². The number of hydrogen-bond acceptors (Lipinski definition) is 4. The molecule has 2 heterocycles. The minimum absolute atomic E-state index is 0.227. The Balaban J connectivity index is 2.01. The van der Waals surface area contributed by atoms with Gasteiger partial charge >= 0.3 is 11.9 Å². The molecular weight excluding hydrogens is 296 g/mol. The van der Waals surface area contributed by atoms with Crippen molar-refractivity contribution in [3.05, 3.63) is 35.5 Å². The van der Waals surface area contributed by atoms with E-state index in [1.54, 1.807) is 18.2 Å². The SMILES string of the molecule is Cc1cc(N2CCC(C(=O)O)CC2)c2cc(C(=O)O)ccc2n1. The van der Waals surface area contributed by atoms with Gasteiger partial charge in [-0.3, -0.25) is 9.78 Å². The number of benzene rings is 1. The van der Waals surface area contributed by atoms with E-state index >= 15 is 0 Å². The van der Waals surface area contributed by atoms with Gasteiger partial charge in [-0.1, -0.05) is 0 Å². The van der Waals surface area contributed by atoms with E-state index in [-0.39, 0.29) is 11.5 Å². The van der Waals surface area contributed by atoms with Gasteiger partial charge in [0.2, 0.25) is 0 Å². The summed E-state index contributed by atoms with van der Waals surface area (Å²) in [5.41, 5.74) is 2.77. The molecule has 2 aromatic rings. The second kappa shape index (κ2) is 5.87. The lowest BCUT2D eigenvalue weighted by Gasteiger charge is -2.32. The second-order valence-electron chi connectivity index (χ2n) is 5.92. The van der Waals surface area contributed by atoms with Crippen molar-refractivity contribution < 1.29 is 19.8 Å². The van der Waals surface area contributed by atoms with Crippen LogP contribution >= 0.6 is 0 Å². The molecule has 1 aliphatic heterocycles.